The minimum absolute atomic E-state index is 0.00950. The highest BCUT2D eigenvalue weighted by molar-refractivity contribution is 5.78. The molecule has 0 saturated carbocycles. The summed E-state index contributed by atoms with van der Waals surface area (Å²) in [6.45, 7) is 8.35. The Kier molecular flexibility index (Phi) is 4.75. The van der Waals surface area contributed by atoms with E-state index in [4.69, 9.17) is 4.42 Å². The normalized spacial score (nSPS) is 13.4. The average molecular weight is 238 g/mol. The van der Waals surface area contributed by atoms with Crippen molar-refractivity contribution < 1.29 is 9.21 Å². The van der Waals surface area contributed by atoms with Gasteiger partial charge in [0, 0.05) is 5.54 Å². The molecule has 1 rings (SSSR count). The molecule has 17 heavy (non-hydrogen) atoms. The van der Waals surface area contributed by atoms with Crippen molar-refractivity contribution in [1.82, 2.24) is 10.6 Å². The smallest absolute Gasteiger partial charge is 0.234 e. The monoisotopic (exact) mass is 238 g/mol. The summed E-state index contributed by atoms with van der Waals surface area (Å²) in [6, 6.07) is 3.78. The third-order valence-electron chi connectivity index (χ3n) is 2.90. The van der Waals surface area contributed by atoms with Crippen LogP contribution in [0.2, 0.25) is 0 Å². The Morgan fingerprint density at radius 1 is 1.53 bits per heavy atom. The van der Waals surface area contributed by atoms with Crippen molar-refractivity contribution >= 4 is 5.91 Å². The van der Waals surface area contributed by atoms with Crippen LogP contribution in [0, 0.1) is 0 Å². The maximum absolute atomic E-state index is 11.7. The number of carbonyl (C=O) groups is 1. The van der Waals surface area contributed by atoms with Crippen LogP contribution in [0.1, 0.15) is 45.9 Å². The zero-order valence-electron chi connectivity index (χ0n) is 11.0. The molecule has 4 nitrogen and oxygen atoms in total. The van der Waals surface area contributed by atoms with Crippen LogP contribution in [-0.2, 0) is 4.79 Å². The molecule has 0 aliphatic rings. The minimum Gasteiger partial charge on any atom is -0.468 e. The van der Waals surface area contributed by atoms with Gasteiger partial charge < -0.3 is 9.73 Å². The first kappa shape index (κ1) is 13.8. The standard InChI is InChI=1S/C13H22N2O2/c1-5-13(3,4)15-12(16)9-14-10(2)11-7-6-8-17-11/h6-8,10,14H,5,9H2,1-4H3,(H,15,16)/t10-/m1/s1. The zero-order chi connectivity index (χ0) is 12.9. The topological polar surface area (TPSA) is 54.3 Å². The van der Waals surface area contributed by atoms with Gasteiger partial charge in [0.05, 0.1) is 18.8 Å². The summed E-state index contributed by atoms with van der Waals surface area (Å²) in [6.07, 6.45) is 2.54. The molecule has 1 amide bonds. The number of nitrogens with one attached hydrogen (secondary N) is 2. The molecule has 1 aromatic rings. The molecule has 0 bridgehead atoms. The van der Waals surface area contributed by atoms with Crippen LogP contribution in [0.4, 0.5) is 0 Å². The van der Waals surface area contributed by atoms with Crippen molar-refractivity contribution in [3.05, 3.63) is 24.2 Å². The fraction of sp³-hybridized carbons (Fsp3) is 0.615. The lowest BCUT2D eigenvalue weighted by Gasteiger charge is -2.25. The molecule has 96 valence electrons. The van der Waals surface area contributed by atoms with E-state index in [-0.39, 0.29) is 17.5 Å². The number of furan rings is 1. The summed E-state index contributed by atoms with van der Waals surface area (Å²) in [7, 11) is 0. The SMILES string of the molecule is CCC(C)(C)NC(=O)CN[C@H](C)c1ccco1. The van der Waals surface area contributed by atoms with Gasteiger partial charge >= 0.3 is 0 Å². The predicted molar refractivity (Wildman–Crippen MR) is 67.6 cm³/mol. The molecule has 4 heteroatoms. The molecule has 1 atom stereocenters. The molecule has 0 aromatic carbocycles. The Morgan fingerprint density at radius 3 is 2.76 bits per heavy atom. The van der Waals surface area contributed by atoms with Gasteiger partial charge in [0.1, 0.15) is 5.76 Å². The predicted octanol–water partition coefficient (Wildman–Crippen LogP) is 2.23. The van der Waals surface area contributed by atoms with E-state index in [1.807, 2.05) is 32.9 Å². The molecule has 2 N–H and O–H groups in total. The molecule has 0 fully saturated rings. The van der Waals surface area contributed by atoms with Gasteiger partial charge in [-0.15, -0.1) is 0 Å². The van der Waals surface area contributed by atoms with E-state index >= 15 is 0 Å². The summed E-state index contributed by atoms with van der Waals surface area (Å²) in [5.74, 6) is 0.850. The molecule has 0 spiro atoms. The van der Waals surface area contributed by atoms with E-state index in [9.17, 15) is 4.79 Å². The molecule has 0 saturated heterocycles. The van der Waals surface area contributed by atoms with Crippen LogP contribution in [0.3, 0.4) is 0 Å². The lowest BCUT2D eigenvalue weighted by molar-refractivity contribution is -0.122. The van der Waals surface area contributed by atoms with Gasteiger partial charge in [-0.2, -0.15) is 0 Å². The lowest BCUT2D eigenvalue weighted by atomic mass is 10.0. The van der Waals surface area contributed by atoms with E-state index in [1.54, 1.807) is 6.26 Å². The van der Waals surface area contributed by atoms with E-state index in [0.717, 1.165) is 12.2 Å². The van der Waals surface area contributed by atoms with Gasteiger partial charge in [0.15, 0.2) is 0 Å². The van der Waals surface area contributed by atoms with Crippen molar-refractivity contribution in [2.45, 2.75) is 45.7 Å². The second-order valence-electron chi connectivity index (χ2n) is 4.90. The number of hydrogen-bond acceptors (Lipinski definition) is 3. The molecular formula is C13H22N2O2. The third-order valence-corrected chi connectivity index (χ3v) is 2.90. The molecular weight excluding hydrogens is 216 g/mol. The summed E-state index contributed by atoms with van der Waals surface area (Å²) in [4.78, 5) is 11.7. The molecule has 0 aliphatic carbocycles. The van der Waals surface area contributed by atoms with Crippen molar-refractivity contribution in [1.29, 1.82) is 0 Å². The van der Waals surface area contributed by atoms with Gasteiger partial charge in [-0.3, -0.25) is 10.1 Å². The summed E-state index contributed by atoms with van der Waals surface area (Å²) < 4.78 is 5.26. The molecule has 0 unspecified atom stereocenters. The number of rotatable bonds is 6. The first-order chi connectivity index (χ1) is 7.94. The fourth-order valence-corrected chi connectivity index (χ4v) is 1.39. The van der Waals surface area contributed by atoms with Crippen LogP contribution in [0.5, 0.6) is 0 Å². The van der Waals surface area contributed by atoms with Crippen LogP contribution in [0.25, 0.3) is 0 Å². The zero-order valence-corrected chi connectivity index (χ0v) is 11.0. The van der Waals surface area contributed by atoms with Crippen LogP contribution in [-0.4, -0.2) is 18.0 Å². The van der Waals surface area contributed by atoms with Gasteiger partial charge in [-0.05, 0) is 39.3 Å². The van der Waals surface area contributed by atoms with Crippen LogP contribution >= 0.6 is 0 Å². The number of hydrogen-bond donors (Lipinski definition) is 2. The first-order valence-corrected chi connectivity index (χ1v) is 6.02. The highest BCUT2D eigenvalue weighted by Gasteiger charge is 2.18. The van der Waals surface area contributed by atoms with Crippen molar-refractivity contribution in [3.8, 4) is 0 Å². The fourth-order valence-electron chi connectivity index (χ4n) is 1.39. The molecule has 1 aromatic heterocycles. The second-order valence-corrected chi connectivity index (χ2v) is 4.90. The summed E-state index contributed by atoms with van der Waals surface area (Å²) >= 11 is 0. The maximum atomic E-state index is 11.7. The Morgan fingerprint density at radius 2 is 2.24 bits per heavy atom. The summed E-state index contributed by atoms with van der Waals surface area (Å²) in [5.41, 5.74) is -0.146. The highest BCUT2D eigenvalue weighted by atomic mass is 16.3. The Labute approximate surface area is 103 Å². The minimum atomic E-state index is -0.146. The Bertz CT molecular complexity index is 344. The summed E-state index contributed by atoms with van der Waals surface area (Å²) in [5, 5.41) is 6.10. The first-order valence-electron chi connectivity index (χ1n) is 6.02. The maximum Gasteiger partial charge on any atom is 0.234 e. The quantitative estimate of drug-likeness (QED) is 0.799. The van der Waals surface area contributed by atoms with E-state index in [1.165, 1.54) is 0 Å². The number of carbonyl (C=O) groups excluding carboxylic acids is 1. The lowest BCUT2D eigenvalue weighted by Crippen LogP contribution is -2.46. The van der Waals surface area contributed by atoms with Gasteiger partial charge in [-0.1, -0.05) is 6.92 Å². The van der Waals surface area contributed by atoms with Crippen molar-refractivity contribution in [3.63, 3.8) is 0 Å². The van der Waals surface area contributed by atoms with Gasteiger partial charge in [0.25, 0.3) is 0 Å². The molecule has 0 radical (unpaired) electrons. The Hall–Kier alpha value is -1.29. The largest absolute Gasteiger partial charge is 0.468 e. The third kappa shape index (κ3) is 4.61. The van der Waals surface area contributed by atoms with Gasteiger partial charge in [-0.25, -0.2) is 0 Å². The van der Waals surface area contributed by atoms with Crippen LogP contribution < -0.4 is 10.6 Å². The van der Waals surface area contributed by atoms with E-state index < -0.39 is 0 Å². The van der Waals surface area contributed by atoms with Crippen LogP contribution in [0.15, 0.2) is 22.8 Å². The molecule has 1 heterocycles. The molecule has 0 aliphatic heterocycles. The average Bonchev–Trinajstić information content (AvgIpc) is 2.78. The van der Waals surface area contributed by atoms with E-state index in [2.05, 4.69) is 17.6 Å². The Balaban J connectivity index is 2.34. The van der Waals surface area contributed by atoms with Crippen molar-refractivity contribution in [2.24, 2.45) is 0 Å². The van der Waals surface area contributed by atoms with Crippen molar-refractivity contribution in [2.75, 3.05) is 6.54 Å². The van der Waals surface area contributed by atoms with E-state index in [0.29, 0.717) is 6.54 Å². The highest BCUT2D eigenvalue weighted by Crippen LogP contribution is 2.11. The second kappa shape index (κ2) is 5.87. The van der Waals surface area contributed by atoms with Gasteiger partial charge in [0.2, 0.25) is 5.91 Å². The number of amides is 1.